The molecule has 0 aliphatic carbocycles. The van der Waals surface area contributed by atoms with Crippen molar-refractivity contribution in [2.75, 3.05) is 13.7 Å². The molecular weight excluding hydrogens is 426 g/mol. The van der Waals surface area contributed by atoms with Gasteiger partial charge in [0.05, 0.1) is 16.9 Å². The number of rotatable bonds is 8. The third-order valence-corrected chi connectivity index (χ3v) is 5.12. The molecule has 0 radical (unpaired) electrons. The van der Waals surface area contributed by atoms with Crippen LogP contribution in [0.4, 0.5) is 10.5 Å². The molecule has 10 nitrogen and oxygen atoms in total. The summed E-state index contributed by atoms with van der Waals surface area (Å²) < 4.78 is 11.1. The molecule has 1 aliphatic heterocycles. The first kappa shape index (κ1) is 21.8. The Labute approximate surface area is 180 Å². The SMILES string of the molecule is COc1cc(/C=C2\SC(=O)N(CC(N)=O)C2=O)ccc1OCc1ccc([N+](=O)[O-])cc1. The summed E-state index contributed by atoms with van der Waals surface area (Å²) in [5, 5.41) is 10.2. The molecule has 11 heteroatoms. The van der Waals surface area contributed by atoms with Crippen LogP contribution in [0.15, 0.2) is 47.4 Å². The van der Waals surface area contributed by atoms with Crippen molar-refractivity contribution >= 4 is 40.6 Å². The minimum absolute atomic E-state index is 0.00840. The Kier molecular flexibility index (Phi) is 6.55. The van der Waals surface area contributed by atoms with E-state index in [1.807, 2.05) is 0 Å². The summed E-state index contributed by atoms with van der Waals surface area (Å²) in [5.41, 5.74) is 6.38. The van der Waals surface area contributed by atoms with Crippen LogP contribution in [-0.4, -0.2) is 40.5 Å². The van der Waals surface area contributed by atoms with Crippen LogP contribution in [0.1, 0.15) is 11.1 Å². The molecule has 0 bridgehead atoms. The largest absolute Gasteiger partial charge is 0.493 e. The molecule has 0 atom stereocenters. The lowest BCUT2D eigenvalue weighted by atomic mass is 10.1. The number of primary amides is 1. The Morgan fingerprint density at radius 1 is 1.19 bits per heavy atom. The van der Waals surface area contributed by atoms with Gasteiger partial charge in [0, 0.05) is 12.1 Å². The van der Waals surface area contributed by atoms with E-state index in [0.717, 1.165) is 22.2 Å². The monoisotopic (exact) mass is 443 g/mol. The zero-order valence-corrected chi connectivity index (χ0v) is 17.1. The van der Waals surface area contributed by atoms with Gasteiger partial charge in [0.2, 0.25) is 5.91 Å². The van der Waals surface area contributed by atoms with Crippen molar-refractivity contribution in [1.29, 1.82) is 0 Å². The summed E-state index contributed by atoms with van der Waals surface area (Å²) in [6.07, 6.45) is 1.51. The standard InChI is InChI=1S/C20H17N3O7S/c1-29-16-8-13(9-17-19(25)22(10-18(21)24)20(26)31-17)4-7-15(16)30-11-12-2-5-14(6-3-12)23(27)28/h2-9H,10-11H2,1H3,(H2,21,24)/b17-9-. The van der Waals surface area contributed by atoms with Crippen LogP contribution in [-0.2, 0) is 16.2 Å². The number of benzene rings is 2. The van der Waals surface area contributed by atoms with E-state index in [1.165, 1.54) is 25.3 Å². The second kappa shape index (κ2) is 9.30. The number of ether oxygens (including phenoxy) is 2. The molecule has 0 aromatic heterocycles. The molecule has 31 heavy (non-hydrogen) atoms. The van der Waals surface area contributed by atoms with Crippen LogP contribution in [0, 0.1) is 10.1 Å². The van der Waals surface area contributed by atoms with E-state index in [-0.39, 0.29) is 17.2 Å². The summed E-state index contributed by atoms with van der Waals surface area (Å²) in [4.78, 5) is 46.5. The molecule has 1 aliphatic rings. The third kappa shape index (κ3) is 5.20. The maximum absolute atomic E-state index is 12.3. The molecule has 160 valence electrons. The number of carbonyl (C=O) groups is 3. The number of nitro groups is 1. The fourth-order valence-corrected chi connectivity index (χ4v) is 3.55. The highest BCUT2D eigenvalue weighted by atomic mass is 32.2. The van der Waals surface area contributed by atoms with Crippen LogP contribution in [0.2, 0.25) is 0 Å². The number of imide groups is 1. The zero-order chi connectivity index (χ0) is 22.5. The van der Waals surface area contributed by atoms with E-state index in [0.29, 0.717) is 17.1 Å². The first-order chi connectivity index (χ1) is 14.8. The summed E-state index contributed by atoms with van der Waals surface area (Å²) >= 11 is 0.718. The number of thioether (sulfide) groups is 1. The summed E-state index contributed by atoms with van der Waals surface area (Å²) in [6.45, 7) is -0.305. The Bertz CT molecular complexity index is 1080. The van der Waals surface area contributed by atoms with E-state index in [1.54, 1.807) is 30.3 Å². The molecule has 3 amide bonds. The van der Waals surface area contributed by atoms with Crippen molar-refractivity contribution in [3.8, 4) is 11.5 Å². The highest BCUT2D eigenvalue weighted by Gasteiger charge is 2.35. The van der Waals surface area contributed by atoms with Gasteiger partial charge < -0.3 is 15.2 Å². The summed E-state index contributed by atoms with van der Waals surface area (Å²) in [6, 6.07) is 10.9. The van der Waals surface area contributed by atoms with E-state index >= 15 is 0 Å². The van der Waals surface area contributed by atoms with Crippen molar-refractivity contribution in [2.45, 2.75) is 6.61 Å². The second-order valence-electron chi connectivity index (χ2n) is 6.36. The lowest BCUT2D eigenvalue weighted by Gasteiger charge is -2.11. The van der Waals surface area contributed by atoms with Gasteiger partial charge in [-0.3, -0.25) is 29.4 Å². The van der Waals surface area contributed by atoms with Gasteiger partial charge in [0.1, 0.15) is 13.2 Å². The van der Waals surface area contributed by atoms with Crippen LogP contribution in [0.5, 0.6) is 11.5 Å². The predicted octanol–water partition coefficient (Wildman–Crippen LogP) is 2.70. The first-order valence-corrected chi connectivity index (χ1v) is 9.68. The fourth-order valence-electron chi connectivity index (χ4n) is 2.71. The van der Waals surface area contributed by atoms with Crippen molar-refractivity contribution < 1.29 is 28.8 Å². The number of nitrogens with zero attached hydrogens (tertiary/aromatic N) is 2. The van der Waals surface area contributed by atoms with Crippen LogP contribution >= 0.6 is 11.8 Å². The van der Waals surface area contributed by atoms with Gasteiger partial charge in [-0.2, -0.15) is 0 Å². The number of hydrogen-bond donors (Lipinski definition) is 1. The molecule has 2 N–H and O–H groups in total. The zero-order valence-electron chi connectivity index (χ0n) is 16.3. The average Bonchev–Trinajstić information content (AvgIpc) is 2.99. The first-order valence-electron chi connectivity index (χ1n) is 8.86. The van der Waals surface area contributed by atoms with Crippen LogP contribution < -0.4 is 15.2 Å². The Balaban J connectivity index is 1.73. The molecule has 1 heterocycles. The van der Waals surface area contributed by atoms with Crippen molar-refractivity contribution in [3.63, 3.8) is 0 Å². The number of nitro benzene ring substituents is 1. The van der Waals surface area contributed by atoms with Gasteiger partial charge in [-0.05, 0) is 53.2 Å². The van der Waals surface area contributed by atoms with Gasteiger partial charge in [-0.25, -0.2) is 0 Å². The van der Waals surface area contributed by atoms with Gasteiger partial charge in [0.15, 0.2) is 11.5 Å². The third-order valence-electron chi connectivity index (χ3n) is 4.21. The summed E-state index contributed by atoms with van der Waals surface area (Å²) in [5.74, 6) is -0.544. The molecule has 1 saturated heterocycles. The number of methoxy groups -OCH3 is 1. The predicted molar refractivity (Wildman–Crippen MR) is 112 cm³/mol. The van der Waals surface area contributed by atoms with Gasteiger partial charge in [0.25, 0.3) is 16.8 Å². The molecule has 0 unspecified atom stereocenters. The number of nitrogens with two attached hydrogens (primary N) is 1. The number of amides is 3. The Morgan fingerprint density at radius 3 is 2.52 bits per heavy atom. The topological polar surface area (TPSA) is 142 Å². The molecule has 2 aromatic carbocycles. The molecule has 1 fully saturated rings. The number of carbonyl (C=O) groups excluding carboxylic acids is 3. The van der Waals surface area contributed by atoms with Crippen molar-refractivity contribution in [1.82, 2.24) is 4.90 Å². The minimum Gasteiger partial charge on any atom is -0.493 e. The van der Waals surface area contributed by atoms with Crippen molar-refractivity contribution in [2.24, 2.45) is 5.73 Å². The van der Waals surface area contributed by atoms with Crippen LogP contribution in [0.3, 0.4) is 0 Å². The quantitative estimate of drug-likeness (QED) is 0.373. The average molecular weight is 443 g/mol. The normalized spacial score (nSPS) is 14.7. The Hall–Kier alpha value is -3.86. The van der Waals surface area contributed by atoms with E-state index < -0.39 is 28.5 Å². The number of non-ortho nitro benzene ring substituents is 1. The maximum atomic E-state index is 12.3. The van der Waals surface area contributed by atoms with Gasteiger partial charge >= 0.3 is 0 Å². The van der Waals surface area contributed by atoms with Crippen molar-refractivity contribution in [3.05, 3.63) is 68.6 Å². The smallest absolute Gasteiger partial charge is 0.294 e. The number of hydrogen-bond acceptors (Lipinski definition) is 8. The molecular formula is C20H17N3O7S. The highest BCUT2D eigenvalue weighted by molar-refractivity contribution is 8.18. The van der Waals surface area contributed by atoms with Crippen LogP contribution in [0.25, 0.3) is 6.08 Å². The van der Waals surface area contributed by atoms with E-state index in [9.17, 15) is 24.5 Å². The second-order valence-corrected chi connectivity index (χ2v) is 7.35. The molecule has 0 spiro atoms. The Morgan fingerprint density at radius 2 is 1.90 bits per heavy atom. The summed E-state index contributed by atoms with van der Waals surface area (Å²) in [7, 11) is 1.46. The van der Waals surface area contributed by atoms with Gasteiger partial charge in [-0.1, -0.05) is 6.07 Å². The maximum Gasteiger partial charge on any atom is 0.294 e. The molecule has 2 aromatic rings. The lowest BCUT2D eigenvalue weighted by molar-refractivity contribution is -0.384. The fraction of sp³-hybridized carbons (Fsp3) is 0.150. The highest BCUT2D eigenvalue weighted by Crippen LogP contribution is 2.34. The van der Waals surface area contributed by atoms with E-state index in [4.69, 9.17) is 15.2 Å². The van der Waals surface area contributed by atoms with Gasteiger partial charge in [-0.15, -0.1) is 0 Å². The van der Waals surface area contributed by atoms with E-state index in [2.05, 4.69) is 0 Å². The molecule has 3 rings (SSSR count). The lowest BCUT2D eigenvalue weighted by Crippen LogP contribution is -2.36. The minimum atomic E-state index is -0.778. The molecule has 0 saturated carbocycles.